The van der Waals surface area contributed by atoms with Crippen molar-refractivity contribution < 1.29 is 4.79 Å². The molecule has 0 radical (unpaired) electrons. The van der Waals surface area contributed by atoms with Crippen molar-refractivity contribution in [3.05, 3.63) is 72.4 Å². The summed E-state index contributed by atoms with van der Waals surface area (Å²) in [6.45, 7) is 4.02. The van der Waals surface area contributed by atoms with E-state index < -0.39 is 0 Å². The number of hydrogen-bond donors (Lipinski definition) is 0. The zero-order valence-electron chi connectivity index (χ0n) is 17.0. The second kappa shape index (κ2) is 7.74. The Kier molecular flexibility index (Phi) is 4.78. The van der Waals surface area contributed by atoms with Crippen molar-refractivity contribution in [2.24, 2.45) is 5.92 Å². The van der Waals surface area contributed by atoms with Crippen LogP contribution >= 0.6 is 0 Å². The standard InChI is InChI=1S/C23H24N6O/c1-2-27(15-17-6-4-3-5-7-17)23(30)21-20-14-24-12-13-28(20)22(26-21)19-10-11-25-29(19)16-18-8-9-18/h3-7,10-14,18H,2,8-9,15-16H2,1H3. The van der Waals surface area contributed by atoms with Crippen LogP contribution in [0, 0.1) is 5.92 Å². The summed E-state index contributed by atoms with van der Waals surface area (Å²) >= 11 is 0. The molecule has 1 saturated carbocycles. The van der Waals surface area contributed by atoms with Gasteiger partial charge in [0.05, 0.1) is 11.7 Å². The van der Waals surface area contributed by atoms with Gasteiger partial charge in [0.15, 0.2) is 11.5 Å². The molecule has 4 aromatic rings. The molecule has 0 saturated heterocycles. The molecule has 0 bridgehead atoms. The number of nitrogens with zero attached hydrogens (tertiary/aromatic N) is 6. The van der Waals surface area contributed by atoms with Crippen LogP contribution in [-0.4, -0.2) is 41.5 Å². The van der Waals surface area contributed by atoms with Crippen molar-refractivity contribution in [3.8, 4) is 11.5 Å². The van der Waals surface area contributed by atoms with Gasteiger partial charge in [-0.1, -0.05) is 30.3 Å². The average Bonchev–Trinajstić information content (AvgIpc) is 3.35. The van der Waals surface area contributed by atoms with E-state index in [0.717, 1.165) is 23.6 Å². The molecule has 0 N–H and O–H groups in total. The number of imidazole rings is 1. The molecule has 1 aliphatic rings. The summed E-state index contributed by atoms with van der Waals surface area (Å²) < 4.78 is 3.94. The van der Waals surface area contributed by atoms with Crippen molar-refractivity contribution in [3.63, 3.8) is 0 Å². The van der Waals surface area contributed by atoms with Crippen LogP contribution in [0.4, 0.5) is 0 Å². The number of benzene rings is 1. The smallest absolute Gasteiger partial charge is 0.275 e. The molecule has 0 atom stereocenters. The first kappa shape index (κ1) is 18.5. The first-order chi connectivity index (χ1) is 14.7. The fourth-order valence-corrected chi connectivity index (χ4v) is 3.77. The van der Waals surface area contributed by atoms with Crippen molar-refractivity contribution in [1.29, 1.82) is 0 Å². The monoisotopic (exact) mass is 400 g/mol. The molecule has 3 heterocycles. The summed E-state index contributed by atoms with van der Waals surface area (Å²) in [7, 11) is 0. The highest BCUT2D eigenvalue weighted by Gasteiger charge is 2.26. The molecule has 0 unspecified atom stereocenters. The predicted molar refractivity (Wildman–Crippen MR) is 114 cm³/mol. The lowest BCUT2D eigenvalue weighted by molar-refractivity contribution is 0.0749. The van der Waals surface area contributed by atoms with E-state index in [2.05, 4.69) is 10.1 Å². The van der Waals surface area contributed by atoms with Crippen molar-refractivity contribution in [2.75, 3.05) is 6.54 Å². The molecule has 5 rings (SSSR count). The van der Waals surface area contributed by atoms with Crippen LogP contribution in [0.15, 0.2) is 61.2 Å². The van der Waals surface area contributed by atoms with Gasteiger partial charge in [-0.3, -0.25) is 18.9 Å². The van der Waals surface area contributed by atoms with Crippen LogP contribution in [-0.2, 0) is 13.1 Å². The first-order valence-corrected chi connectivity index (χ1v) is 10.4. The van der Waals surface area contributed by atoms with E-state index in [-0.39, 0.29) is 5.91 Å². The molecule has 3 aromatic heterocycles. The highest BCUT2D eigenvalue weighted by molar-refractivity contribution is 5.99. The number of amides is 1. The van der Waals surface area contributed by atoms with Gasteiger partial charge in [0.2, 0.25) is 0 Å². The predicted octanol–water partition coefficient (Wildman–Crippen LogP) is 3.67. The minimum Gasteiger partial charge on any atom is -0.333 e. The van der Waals surface area contributed by atoms with E-state index in [1.54, 1.807) is 18.6 Å². The Morgan fingerprint density at radius 2 is 2.00 bits per heavy atom. The van der Waals surface area contributed by atoms with Crippen molar-refractivity contribution in [2.45, 2.75) is 32.9 Å². The minimum atomic E-state index is -0.0913. The van der Waals surface area contributed by atoms with Gasteiger partial charge < -0.3 is 4.90 Å². The molecule has 7 heteroatoms. The van der Waals surface area contributed by atoms with Crippen molar-refractivity contribution >= 4 is 11.4 Å². The molecule has 1 fully saturated rings. The number of hydrogen-bond acceptors (Lipinski definition) is 4. The normalized spacial score (nSPS) is 13.6. The number of carbonyl (C=O) groups is 1. The second-order valence-electron chi connectivity index (χ2n) is 7.76. The number of fused-ring (bicyclic) bond motifs is 1. The number of carbonyl (C=O) groups excluding carboxylic acids is 1. The summed E-state index contributed by atoms with van der Waals surface area (Å²) in [6.07, 6.45) is 9.59. The van der Waals surface area contributed by atoms with E-state index in [1.807, 2.05) is 63.5 Å². The Labute approximate surface area is 175 Å². The Balaban J connectivity index is 1.53. The third-order valence-corrected chi connectivity index (χ3v) is 5.61. The topological polar surface area (TPSA) is 68.3 Å². The summed E-state index contributed by atoms with van der Waals surface area (Å²) in [6, 6.07) is 12.0. The summed E-state index contributed by atoms with van der Waals surface area (Å²) in [5, 5.41) is 4.49. The Morgan fingerprint density at radius 1 is 1.17 bits per heavy atom. The van der Waals surface area contributed by atoms with E-state index >= 15 is 0 Å². The lowest BCUT2D eigenvalue weighted by atomic mass is 10.2. The molecule has 1 aromatic carbocycles. The van der Waals surface area contributed by atoms with Crippen LogP contribution in [0.25, 0.3) is 17.0 Å². The van der Waals surface area contributed by atoms with Gasteiger partial charge in [-0.2, -0.15) is 5.10 Å². The highest BCUT2D eigenvalue weighted by atomic mass is 16.2. The first-order valence-electron chi connectivity index (χ1n) is 10.4. The quantitative estimate of drug-likeness (QED) is 0.475. The molecule has 1 aliphatic carbocycles. The Hall–Kier alpha value is -3.48. The van der Waals surface area contributed by atoms with Crippen molar-refractivity contribution in [1.82, 2.24) is 29.0 Å². The lowest BCUT2D eigenvalue weighted by Gasteiger charge is -2.20. The lowest BCUT2D eigenvalue weighted by Crippen LogP contribution is -2.30. The summed E-state index contributed by atoms with van der Waals surface area (Å²) in [5.41, 5.74) is 3.16. The van der Waals surface area contributed by atoms with Crippen LogP contribution in [0.1, 0.15) is 35.8 Å². The maximum Gasteiger partial charge on any atom is 0.275 e. The summed E-state index contributed by atoms with van der Waals surface area (Å²) in [5.74, 6) is 1.33. The van der Waals surface area contributed by atoms with E-state index in [9.17, 15) is 4.79 Å². The molecule has 30 heavy (non-hydrogen) atoms. The third-order valence-electron chi connectivity index (χ3n) is 5.61. The van der Waals surface area contributed by atoms with Gasteiger partial charge in [-0.25, -0.2) is 4.98 Å². The van der Waals surface area contributed by atoms with Crippen LogP contribution in [0.2, 0.25) is 0 Å². The maximum absolute atomic E-state index is 13.4. The molecular formula is C23H24N6O. The average molecular weight is 400 g/mol. The van der Waals surface area contributed by atoms with Crippen LogP contribution in [0.5, 0.6) is 0 Å². The largest absolute Gasteiger partial charge is 0.333 e. The van der Waals surface area contributed by atoms with Crippen LogP contribution < -0.4 is 0 Å². The maximum atomic E-state index is 13.4. The Morgan fingerprint density at radius 3 is 2.77 bits per heavy atom. The number of rotatable bonds is 7. The van der Waals surface area contributed by atoms with Gasteiger partial charge in [0, 0.05) is 38.2 Å². The molecule has 1 amide bonds. The molecule has 0 aliphatic heterocycles. The second-order valence-corrected chi connectivity index (χ2v) is 7.76. The number of aromatic nitrogens is 5. The fourth-order valence-electron chi connectivity index (χ4n) is 3.77. The van der Waals surface area contributed by atoms with E-state index in [1.165, 1.54) is 12.8 Å². The fraction of sp³-hybridized carbons (Fsp3) is 0.304. The third kappa shape index (κ3) is 3.47. The SMILES string of the molecule is CCN(Cc1ccccc1)C(=O)c1nc(-c2ccnn2CC2CC2)n2ccncc12. The molecule has 0 spiro atoms. The van der Waals surface area contributed by atoms with Gasteiger partial charge in [0.1, 0.15) is 5.69 Å². The molecule has 7 nitrogen and oxygen atoms in total. The zero-order chi connectivity index (χ0) is 20.5. The molecule has 152 valence electrons. The summed E-state index contributed by atoms with van der Waals surface area (Å²) in [4.78, 5) is 24.3. The minimum absolute atomic E-state index is 0.0913. The molecular weight excluding hydrogens is 376 g/mol. The van der Waals surface area contributed by atoms with E-state index in [0.29, 0.717) is 30.2 Å². The van der Waals surface area contributed by atoms with Gasteiger partial charge in [0.25, 0.3) is 5.91 Å². The van der Waals surface area contributed by atoms with Gasteiger partial charge >= 0.3 is 0 Å². The van der Waals surface area contributed by atoms with Crippen LogP contribution in [0.3, 0.4) is 0 Å². The van der Waals surface area contributed by atoms with E-state index in [4.69, 9.17) is 4.98 Å². The Bertz CT molecular complexity index is 1170. The van der Waals surface area contributed by atoms with Gasteiger partial charge in [-0.15, -0.1) is 0 Å². The van der Waals surface area contributed by atoms with Gasteiger partial charge in [-0.05, 0) is 37.3 Å². The highest BCUT2D eigenvalue weighted by Crippen LogP contribution is 2.32. The zero-order valence-corrected chi connectivity index (χ0v) is 17.0.